The molecule has 0 spiro atoms. The van der Waals surface area contributed by atoms with Crippen molar-refractivity contribution in [2.45, 2.75) is 25.9 Å². The van der Waals surface area contributed by atoms with E-state index in [2.05, 4.69) is 20.8 Å². The van der Waals surface area contributed by atoms with Crippen LogP contribution in [0.3, 0.4) is 0 Å². The molecule has 52 heavy (non-hydrogen) atoms. The summed E-state index contributed by atoms with van der Waals surface area (Å²) in [5.74, 6) is -3.24. The minimum atomic E-state index is -3.41. The first-order valence-electron chi connectivity index (χ1n) is 15.3. The quantitative estimate of drug-likeness (QED) is 0.202. The van der Waals surface area contributed by atoms with Crippen LogP contribution in [0.5, 0.6) is 0 Å². The number of amides is 2. The van der Waals surface area contributed by atoms with Crippen molar-refractivity contribution in [2.75, 3.05) is 33.6 Å². The lowest BCUT2D eigenvalue weighted by Crippen LogP contribution is -2.27. The lowest BCUT2D eigenvalue weighted by molar-refractivity contribution is 0.0992. The SMILES string of the molecule is C[C@@]1(C#N)CS(=O)(=O)CC1n1cc(C(N)=O)c(Nc2ccc(F)cc2)n1.C[C@]1(C#N)CS(=O)(=O)CC1n1cc(C(N)=O)c(Nc2ccc(F)cc2)n1. The molecule has 2 aliphatic heterocycles. The van der Waals surface area contributed by atoms with Crippen LogP contribution in [0.25, 0.3) is 0 Å². The first-order valence-corrected chi connectivity index (χ1v) is 19.0. The lowest BCUT2D eigenvalue weighted by atomic mass is 9.87. The number of aromatic nitrogens is 4. The van der Waals surface area contributed by atoms with Gasteiger partial charge < -0.3 is 22.1 Å². The molecular formula is C32H32F2N10O6S2. The molecule has 6 N–H and O–H groups in total. The molecule has 0 aliphatic carbocycles. The van der Waals surface area contributed by atoms with Gasteiger partial charge in [0.2, 0.25) is 0 Å². The molecule has 0 saturated carbocycles. The Labute approximate surface area is 296 Å². The Balaban J connectivity index is 0.000000201. The van der Waals surface area contributed by atoms with Gasteiger partial charge in [0.05, 0.1) is 58.1 Å². The Morgan fingerprint density at radius 2 is 1.06 bits per heavy atom. The fourth-order valence-electron chi connectivity index (χ4n) is 6.01. The number of halogens is 2. The molecule has 20 heteroatoms. The van der Waals surface area contributed by atoms with Crippen LogP contribution in [0.4, 0.5) is 31.8 Å². The van der Waals surface area contributed by atoms with Crippen molar-refractivity contribution in [1.82, 2.24) is 19.6 Å². The minimum absolute atomic E-state index is 0.0407. The Bertz CT molecular complexity index is 2180. The van der Waals surface area contributed by atoms with Crippen LogP contribution in [-0.4, -0.2) is 71.2 Å². The number of rotatable bonds is 8. The second-order valence-electron chi connectivity index (χ2n) is 12.9. The van der Waals surface area contributed by atoms with Gasteiger partial charge in [0.15, 0.2) is 31.3 Å². The molecule has 2 aliphatic rings. The van der Waals surface area contributed by atoms with Crippen molar-refractivity contribution in [1.29, 1.82) is 10.5 Å². The highest BCUT2D eigenvalue weighted by atomic mass is 32.2. The number of sulfone groups is 2. The number of nitrogens with two attached hydrogens (primary N) is 2. The van der Waals surface area contributed by atoms with E-state index in [4.69, 9.17) is 11.5 Å². The number of primary amides is 2. The average Bonchev–Trinajstić information content (AvgIpc) is 3.80. The van der Waals surface area contributed by atoms with Crippen LogP contribution in [-0.2, 0) is 19.7 Å². The highest BCUT2D eigenvalue weighted by molar-refractivity contribution is 7.92. The third-order valence-corrected chi connectivity index (χ3v) is 12.4. The first kappa shape index (κ1) is 37.4. The molecule has 2 aromatic carbocycles. The monoisotopic (exact) mass is 754 g/mol. The molecule has 2 unspecified atom stereocenters. The maximum Gasteiger partial charge on any atom is 0.254 e. The molecule has 0 radical (unpaired) electrons. The minimum Gasteiger partial charge on any atom is -0.365 e. The summed E-state index contributed by atoms with van der Waals surface area (Å²) in [6, 6.07) is 13.3. The van der Waals surface area contributed by atoms with Crippen LogP contribution in [0.15, 0.2) is 60.9 Å². The molecular weight excluding hydrogens is 723 g/mol. The standard InChI is InChI=1S/2C16H16FN5O3S/c2*1-16(8-18)9-26(24,25)7-13(16)22-6-12(14(19)23)15(21-22)20-11-4-2-10(17)3-5-11/h2*2-6,13H,7,9H2,1H3,(H2,19,23)(H,20,21)/t2*13?,16-/m10/s1. The first-order chi connectivity index (χ1) is 24.3. The number of nitriles is 2. The smallest absolute Gasteiger partial charge is 0.254 e. The zero-order valence-electron chi connectivity index (χ0n) is 27.6. The van der Waals surface area contributed by atoms with Gasteiger partial charge in [0, 0.05) is 23.8 Å². The van der Waals surface area contributed by atoms with E-state index in [-0.39, 0.29) is 45.8 Å². The molecule has 6 rings (SSSR count). The largest absolute Gasteiger partial charge is 0.365 e. The van der Waals surface area contributed by atoms with Gasteiger partial charge in [-0.1, -0.05) is 0 Å². The number of benzene rings is 2. The van der Waals surface area contributed by atoms with Gasteiger partial charge in [-0.15, -0.1) is 0 Å². The van der Waals surface area contributed by atoms with Gasteiger partial charge in [-0.05, 0) is 62.4 Å². The van der Waals surface area contributed by atoms with Crippen molar-refractivity contribution in [3.63, 3.8) is 0 Å². The molecule has 272 valence electrons. The Morgan fingerprint density at radius 3 is 1.35 bits per heavy atom. The topological polar surface area (TPSA) is 262 Å². The molecule has 0 bridgehead atoms. The highest BCUT2D eigenvalue weighted by Crippen LogP contribution is 2.42. The van der Waals surface area contributed by atoms with E-state index in [0.29, 0.717) is 11.4 Å². The normalized spacial score (nSPS) is 24.1. The number of carbonyl (C=O) groups is 2. The lowest BCUT2D eigenvalue weighted by Gasteiger charge is -2.22. The molecule has 16 nitrogen and oxygen atoms in total. The number of hydrogen-bond donors (Lipinski definition) is 4. The Morgan fingerprint density at radius 1 is 0.731 bits per heavy atom. The van der Waals surface area contributed by atoms with Gasteiger partial charge in [-0.25, -0.2) is 25.6 Å². The van der Waals surface area contributed by atoms with Gasteiger partial charge in [0.1, 0.15) is 22.8 Å². The van der Waals surface area contributed by atoms with Crippen molar-refractivity contribution >= 4 is 54.5 Å². The number of anilines is 4. The summed E-state index contributed by atoms with van der Waals surface area (Å²) in [4.78, 5) is 23.5. The predicted molar refractivity (Wildman–Crippen MR) is 184 cm³/mol. The highest BCUT2D eigenvalue weighted by Gasteiger charge is 2.50. The van der Waals surface area contributed by atoms with Crippen molar-refractivity contribution in [3.05, 3.63) is 83.7 Å². The van der Waals surface area contributed by atoms with Crippen molar-refractivity contribution in [3.8, 4) is 12.1 Å². The number of nitrogens with one attached hydrogen (secondary N) is 2. The summed E-state index contributed by atoms with van der Waals surface area (Å²) in [5.41, 5.74) is 9.45. The van der Waals surface area contributed by atoms with Crippen LogP contribution in [0.2, 0.25) is 0 Å². The van der Waals surface area contributed by atoms with Crippen LogP contribution >= 0.6 is 0 Å². The number of carbonyl (C=O) groups excluding carboxylic acids is 2. The summed E-state index contributed by atoms with van der Waals surface area (Å²) in [5, 5.41) is 33.1. The third kappa shape index (κ3) is 7.87. The molecule has 2 aromatic heterocycles. The van der Waals surface area contributed by atoms with E-state index in [1.165, 1.54) is 70.3 Å². The Kier molecular flexibility index (Phi) is 9.85. The van der Waals surface area contributed by atoms with Gasteiger partial charge >= 0.3 is 0 Å². The van der Waals surface area contributed by atoms with Crippen molar-refractivity contribution < 1.29 is 35.2 Å². The summed E-state index contributed by atoms with van der Waals surface area (Å²) in [6.07, 6.45) is 2.66. The van der Waals surface area contributed by atoms with E-state index in [1.807, 2.05) is 12.1 Å². The molecule has 4 heterocycles. The van der Waals surface area contributed by atoms with E-state index < -0.39 is 66.0 Å². The maximum absolute atomic E-state index is 13.0. The molecule has 2 amide bonds. The van der Waals surface area contributed by atoms with Crippen LogP contribution < -0.4 is 22.1 Å². The maximum atomic E-state index is 13.0. The Hall–Kier alpha value is -5.86. The summed E-state index contributed by atoms with van der Waals surface area (Å²) in [6.45, 7) is 3.09. The van der Waals surface area contributed by atoms with E-state index in [0.717, 1.165) is 0 Å². The third-order valence-electron chi connectivity index (χ3n) is 8.69. The van der Waals surface area contributed by atoms with E-state index in [9.17, 15) is 45.7 Å². The zero-order chi connectivity index (χ0) is 38.2. The van der Waals surface area contributed by atoms with Crippen LogP contribution in [0, 0.1) is 45.1 Å². The summed E-state index contributed by atoms with van der Waals surface area (Å²) in [7, 11) is -6.82. The average molecular weight is 755 g/mol. The van der Waals surface area contributed by atoms with E-state index >= 15 is 0 Å². The molecule has 4 atom stereocenters. The summed E-state index contributed by atoms with van der Waals surface area (Å²) < 4.78 is 76.7. The van der Waals surface area contributed by atoms with E-state index in [1.54, 1.807) is 13.8 Å². The number of nitrogens with zero attached hydrogens (tertiary/aromatic N) is 6. The second-order valence-corrected chi connectivity index (χ2v) is 17.2. The van der Waals surface area contributed by atoms with Gasteiger partial charge in [-0.2, -0.15) is 20.7 Å². The zero-order valence-corrected chi connectivity index (χ0v) is 29.2. The fraction of sp³-hybridized carbons (Fsp3) is 0.312. The van der Waals surface area contributed by atoms with Crippen LogP contribution in [0.1, 0.15) is 46.6 Å². The van der Waals surface area contributed by atoms with Gasteiger partial charge in [-0.3, -0.25) is 19.0 Å². The molecule has 2 fully saturated rings. The number of hydrogen-bond acceptors (Lipinski definition) is 12. The summed E-state index contributed by atoms with van der Waals surface area (Å²) >= 11 is 0. The predicted octanol–water partition coefficient (Wildman–Crippen LogP) is 2.73. The fourth-order valence-corrected chi connectivity index (χ4v) is 10.6. The second kappa shape index (κ2) is 13.7. The molecule has 4 aromatic rings. The van der Waals surface area contributed by atoms with Gasteiger partial charge in [0.25, 0.3) is 11.8 Å². The van der Waals surface area contributed by atoms with Crippen molar-refractivity contribution in [2.24, 2.45) is 22.3 Å². The molecule has 2 saturated heterocycles.